The van der Waals surface area contributed by atoms with Crippen molar-refractivity contribution in [2.75, 3.05) is 0 Å². The zero-order valence-electron chi connectivity index (χ0n) is 8.69. The van der Waals surface area contributed by atoms with Crippen LogP contribution in [0.1, 0.15) is 31.4 Å². The molecular weight excluding hydrogens is 186 g/mol. The summed E-state index contributed by atoms with van der Waals surface area (Å²) in [6.07, 6.45) is 12.7. The third-order valence-electron chi connectivity index (χ3n) is 3.35. The second kappa shape index (κ2) is 3.74. The molecule has 1 N–H and O–H groups in total. The van der Waals surface area contributed by atoms with Crippen LogP contribution in [-0.2, 0) is 0 Å². The van der Waals surface area contributed by atoms with Gasteiger partial charge >= 0.3 is 0 Å². The van der Waals surface area contributed by atoms with E-state index >= 15 is 0 Å². The Bertz CT molecular complexity index is 372. The third-order valence-corrected chi connectivity index (χ3v) is 3.35. The minimum Gasteiger partial charge on any atom is -0.307 e. The van der Waals surface area contributed by atoms with Crippen molar-refractivity contribution in [1.82, 2.24) is 15.3 Å². The molecule has 15 heavy (non-hydrogen) atoms. The molecule has 3 nitrogen and oxygen atoms in total. The van der Waals surface area contributed by atoms with Crippen molar-refractivity contribution < 1.29 is 0 Å². The molecule has 2 unspecified atom stereocenters. The second-order valence-electron chi connectivity index (χ2n) is 4.32. The molecule has 1 saturated heterocycles. The SMILES string of the molecule is C1=C(c2cnccn2)C2CCC(CC1)N2. The van der Waals surface area contributed by atoms with E-state index in [0.717, 1.165) is 11.7 Å². The minimum atomic E-state index is 0.509. The molecular formula is C12H15N3. The lowest BCUT2D eigenvalue weighted by atomic mass is 9.98. The Hall–Kier alpha value is -1.22. The van der Waals surface area contributed by atoms with Gasteiger partial charge in [-0.25, -0.2) is 0 Å². The molecule has 2 aliphatic rings. The van der Waals surface area contributed by atoms with Crippen molar-refractivity contribution in [3.8, 4) is 0 Å². The molecule has 0 aromatic carbocycles. The van der Waals surface area contributed by atoms with Gasteiger partial charge in [0.05, 0.1) is 11.9 Å². The average Bonchev–Trinajstić information content (AvgIpc) is 2.61. The van der Waals surface area contributed by atoms with Gasteiger partial charge in [0, 0.05) is 24.5 Å². The summed E-state index contributed by atoms with van der Waals surface area (Å²) in [7, 11) is 0. The van der Waals surface area contributed by atoms with Crippen LogP contribution in [0.15, 0.2) is 24.7 Å². The van der Waals surface area contributed by atoms with E-state index in [0.29, 0.717) is 6.04 Å². The molecule has 0 spiro atoms. The molecule has 2 atom stereocenters. The van der Waals surface area contributed by atoms with E-state index in [9.17, 15) is 0 Å². The molecule has 1 fully saturated rings. The van der Waals surface area contributed by atoms with Crippen LogP contribution in [0.4, 0.5) is 0 Å². The smallest absolute Gasteiger partial charge is 0.0857 e. The molecule has 0 saturated carbocycles. The van der Waals surface area contributed by atoms with Crippen molar-refractivity contribution in [3.05, 3.63) is 30.4 Å². The van der Waals surface area contributed by atoms with Gasteiger partial charge in [0.15, 0.2) is 0 Å². The van der Waals surface area contributed by atoms with Crippen molar-refractivity contribution in [1.29, 1.82) is 0 Å². The monoisotopic (exact) mass is 201 g/mol. The first-order valence-corrected chi connectivity index (χ1v) is 5.66. The summed E-state index contributed by atoms with van der Waals surface area (Å²) in [5.41, 5.74) is 2.39. The molecule has 1 aromatic rings. The maximum atomic E-state index is 4.39. The van der Waals surface area contributed by atoms with Gasteiger partial charge < -0.3 is 5.32 Å². The van der Waals surface area contributed by atoms with Gasteiger partial charge in [-0.3, -0.25) is 9.97 Å². The Balaban J connectivity index is 1.94. The van der Waals surface area contributed by atoms with Gasteiger partial charge in [0.1, 0.15) is 0 Å². The highest BCUT2D eigenvalue weighted by molar-refractivity contribution is 5.67. The fourth-order valence-corrected chi connectivity index (χ4v) is 2.61. The van der Waals surface area contributed by atoms with E-state index in [4.69, 9.17) is 0 Å². The Labute approximate surface area is 89.6 Å². The second-order valence-corrected chi connectivity index (χ2v) is 4.32. The lowest BCUT2D eigenvalue weighted by molar-refractivity contribution is 0.559. The standard InChI is InChI=1S/C12H15N3/c1-2-9-4-5-11(15-9)10(3-1)12-8-13-6-7-14-12/h3,6-9,11,15H,1-2,4-5H2. The molecule has 2 bridgehead atoms. The molecule has 3 heterocycles. The number of aromatic nitrogens is 2. The lowest BCUT2D eigenvalue weighted by Gasteiger charge is -2.13. The first-order valence-electron chi connectivity index (χ1n) is 5.66. The van der Waals surface area contributed by atoms with Crippen LogP contribution in [-0.4, -0.2) is 22.1 Å². The lowest BCUT2D eigenvalue weighted by Crippen LogP contribution is -2.28. The van der Waals surface area contributed by atoms with Crippen LogP contribution >= 0.6 is 0 Å². The number of hydrogen-bond donors (Lipinski definition) is 1. The van der Waals surface area contributed by atoms with Crippen molar-refractivity contribution in [3.63, 3.8) is 0 Å². The molecule has 0 amide bonds. The number of rotatable bonds is 1. The van der Waals surface area contributed by atoms with Crippen LogP contribution in [0, 0.1) is 0 Å². The van der Waals surface area contributed by atoms with Crippen molar-refractivity contribution in [2.24, 2.45) is 0 Å². The molecule has 0 aliphatic carbocycles. The largest absolute Gasteiger partial charge is 0.307 e. The molecule has 78 valence electrons. The van der Waals surface area contributed by atoms with Crippen LogP contribution < -0.4 is 5.32 Å². The first kappa shape index (κ1) is 9.04. The van der Waals surface area contributed by atoms with E-state index in [-0.39, 0.29) is 0 Å². The summed E-state index contributed by atoms with van der Waals surface area (Å²) in [5, 5.41) is 3.67. The van der Waals surface area contributed by atoms with E-state index in [1.807, 2.05) is 6.20 Å². The summed E-state index contributed by atoms with van der Waals surface area (Å²) >= 11 is 0. The van der Waals surface area contributed by atoms with Crippen LogP contribution in [0.5, 0.6) is 0 Å². The first-order chi connectivity index (χ1) is 7.43. The van der Waals surface area contributed by atoms with Gasteiger partial charge in [0.25, 0.3) is 0 Å². The third kappa shape index (κ3) is 1.67. The summed E-state index contributed by atoms with van der Waals surface area (Å²) in [6, 6.07) is 1.23. The van der Waals surface area contributed by atoms with Crippen molar-refractivity contribution >= 4 is 5.57 Å². The average molecular weight is 201 g/mol. The molecule has 2 aliphatic heterocycles. The zero-order chi connectivity index (χ0) is 10.1. The molecule has 3 heteroatoms. The number of nitrogens with zero attached hydrogens (tertiary/aromatic N) is 2. The molecule has 3 rings (SSSR count). The van der Waals surface area contributed by atoms with E-state index < -0.39 is 0 Å². The number of fused-ring (bicyclic) bond motifs is 2. The summed E-state index contributed by atoms with van der Waals surface area (Å²) < 4.78 is 0. The number of hydrogen-bond acceptors (Lipinski definition) is 3. The summed E-state index contributed by atoms with van der Waals surface area (Å²) in [5.74, 6) is 0. The topological polar surface area (TPSA) is 37.8 Å². The van der Waals surface area contributed by atoms with Gasteiger partial charge in [-0.1, -0.05) is 6.08 Å². The van der Waals surface area contributed by atoms with Gasteiger partial charge in [0.2, 0.25) is 0 Å². The van der Waals surface area contributed by atoms with E-state index in [1.54, 1.807) is 12.4 Å². The number of allylic oxidation sites excluding steroid dienone is 1. The van der Waals surface area contributed by atoms with Crippen molar-refractivity contribution in [2.45, 2.75) is 37.8 Å². The molecule has 1 aromatic heterocycles. The fraction of sp³-hybridized carbons (Fsp3) is 0.500. The van der Waals surface area contributed by atoms with Crippen LogP contribution in [0.2, 0.25) is 0 Å². The maximum absolute atomic E-state index is 4.39. The van der Waals surface area contributed by atoms with Gasteiger partial charge in [-0.2, -0.15) is 0 Å². The summed E-state index contributed by atoms with van der Waals surface area (Å²) in [6.45, 7) is 0. The Morgan fingerprint density at radius 3 is 3.07 bits per heavy atom. The highest BCUT2D eigenvalue weighted by Gasteiger charge is 2.29. The Morgan fingerprint density at radius 2 is 2.20 bits per heavy atom. The fourth-order valence-electron chi connectivity index (χ4n) is 2.61. The van der Waals surface area contributed by atoms with Crippen LogP contribution in [0.25, 0.3) is 5.57 Å². The highest BCUT2D eigenvalue weighted by Crippen LogP contribution is 2.30. The predicted molar refractivity (Wildman–Crippen MR) is 59.2 cm³/mol. The number of nitrogens with one attached hydrogen (secondary N) is 1. The van der Waals surface area contributed by atoms with E-state index in [1.165, 1.54) is 31.3 Å². The molecule has 0 radical (unpaired) electrons. The van der Waals surface area contributed by atoms with Crippen LogP contribution in [0.3, 0.4) is 0 Å². The minimum absolute atomic E-state index is 0.509. The Morgan fingerprint density at radius 1 is 1.20 bits per heavy atom. The highest BCUT2D eigenvalue weighted by atomic mass is 15.0. The Kier molecular flexibility index (Phi) is 2.25. The normalized spacial score (nSPS) is 29.7. The van der Waals surface area contributed by atoms with Gasteiger partial charge in [-0.05, 0) is 31.3 Å². The predicted octanol–water partition coefficient (Wildman–Crippen LogP) is 1.77. The maximum Gasteiger partial charge on any atom is 0.0857 e. The zero-order valence-corrected chi connectivity index (χ0v) is 8.69. The van der Waals surface area contributed by atoms with E-state index in [2.05, 4.69) is 21.4 Å². The summed E-state index contributed by atoms with van der Waals surface area (Å²) in [4.78, 5) is 8.53. The quantitative estimate of drug-likeness (QED) is 0.752. The van der Waals surface area contributed by atoms with Gasteiger partial charge in [-0.15, -0.1) is 0 Å².